The molecule has 0 unspecified atom stereocenters. The zero-order valence-electron chi connectivity index (χ0n) is 8.46. The minimum Gasteiger partial charge on any atom is -0.266 e. The second-order valence-corrected chi connectivity index (χ2v) is 4.40. The topological polar surface area (TPSA) is 12.0 Å². The Balaban J connectivity index is 2.87. The van der Waals surface area contributed by atoms with Crippen molar-refractivity contribution in [3.8, 4) is 0 Å². The van der Waals surface area contributed by atoms with Gasteiger partial charge in [0, 0.05) is 12.0 Å². The summed E-state index contributed by atoms with van der Waals surface area (Å²) in [5.74, 6) is 0. The summed E-state index contributed by atoms with van der Waals surface area (Å²) in [6.07, 6.45) is 0. The third kappa shape index (κ3) is 2.75. The van der Waals surface area contributed by atoms with Crippen LogP contribution in [-0.4, -0.2) is 6.54 Å². The van der Waals surface area contributed by atoms with Gasteiger partial charge in [-0.15, -0.1) is 0 Å². The van der Waals surface area contributed by atoms with Crippen LogP contribution in [0.3, 0.4) is 0 Å². The Labute approximate surface area is 86.1 Å². The number of thiol groups is 1. The minimum atomic E-state index is 0.148. The molecule has 0 bridgehead atoms. The molecule has 0 fully saturated rings. The van der Waals surface area contributed by atoms with E-state index in [-0.39, 0.29) is 5.41 Å². The van der Waals surface area contributed by atoms with Crippen LogP contribution in [0.4, 0.5) is 0 Å². The molecule has 0 aliphatic rings. The van der Waals surface area contributed by atoms with Gasteiger partial charge in [-0.1, -0.05) is 56.5 Å². The van der Waals surface area contributed by atoms with Gasteiger partial charge in [-0.25, -0.2) is 0 Å². The highest BCUT2D eigenvalue weighted by Gasteiger charge is 2.18. The van der Waals surface area contributed by atoms with E-state index in [1.165, 1.54) is 11.1 Å². The van der Waals surface area contributed by atoms with Crippen molar-refractivity contribution in [2.45, 2.75) is 26.2 Å². The van der Waals surface area contributed by atoms with E-state index in [2.05, 4.69) is 62.6 Å². The lowest BCUT2D eigenvalue weighted by atomic mass is 9.84. The molecule has 1 rings (SSSR count). The van der Waals surface area contributed by atoms with Crippen molar-refractivity contribution in [3.63, 3.8) is 0 Å². The minimum absolute atomic E-state index is 0.148. The molecule has 0 atom stereocenters. The molecule has 2 heteroatoms. The van der Waals surface area contributed by atoms with Crippen LogP contribution in [-0.2, 0) is 5.41 Å². The third-order valence-corrected chi connectivity index (χ3v) is 2.51. The van der Waals surface area contributed by atoms with E-state index in [0.29, 0.717) is 0 Å². The van der Waals surface area contributed by atoms with E-state index in [1.807, 2.05) is 0 Å². The van der Waals surface area contributed by atoms with Gasteiger partial charge in [-0.05, 0) is 12.5 Å². The van der Waals surface area contributed by atoms with Crippen LogP contribution in [0.25, 0.3) is 0 Å². The highest BCUT2D eigenvalue weighted by Crippen LogP contribution is 2.22. The molecule has 0 spiro atoms. The molecular formula is C11H17NS. The van der Waals surface area contributed by atoms with Crippen molar-refractivity contribution in [1.82, 2.24) is 4.72 Å². The van der Waals surface area contributed by atoms with Crippen molar-refractivity contribution in [1.29, 1.82) is 0 Å². The number of benzene rings is 1. The lowest BCUT2D eigenvalue weighted by Crippen LogP contribution is -2.28. The van der Waals surface area contributed by atoms with Crippen LogP contribution in [0, 0.1) is 6.92 Å². The second kappa shape index (κ2) is 4.16. The Morgan fingerprint density at radius 3 is 2.23 bits per heavy atom. The number of nitrogens with one attached hydrogen (secondary N) is 1. The van der Waals surface area contributed by atoms with E-state index >= 15 is 0 Å². The number of hydrogen-bond acceptors (Lipinski definition) is 2. The maximum atomic E-state index is 4.03. The molecule has 0 aromatic heterocycles. The van der Waals surface area contributed by atoms with Crippen molar-refractivity contribution in [2.24, 2.45) is 0 Å². The fourth-order valence-corrected chi connectivity index (χ4v) is 1.70. The monoisotopic (exact) mass is 195 g/mol. The molecule has 13 heavy (non-hydrogen) atoms. The summed E-state index contributed by atoms with van der Waals surface area (Å²) in [7, 11) is 0. The van der Waals surface area contributed by atoms with Crippen LogP contribution in [0.15, 0.2) is 24.3 Å². The Kier molecular flexibility index (Phi) is 3.40. The maximum Gasteiger partial charge on any atom is 0.0148 e. The van der Waals surface area contributed by atoms with Crippen LogP contribution in [0.5, 0.6) is 0 Å². The molecule has 1 N–H and O–H groups in total. The van der Waals surface area contributed by atoms with Gasteiger partial charge < -0.3 is 0 Å². The summed E-state index contributed by atoms with van der Waals surface area (Å²) in [5, 5.41) is 0. The van der Waals surface area contributed by atoms with Gasteiger partial charge in [0.15, 0.2) is 0 Å². The van der Waals surface area contributed by atoms with Crippen molar-refractivity contribution in [3.05, 3.63) is 35.4 Å². The number of hydrogen-bond donors (Lipinski definition) is 2. The average molecular weight is 195 g/mol. The van der Waals surface area contributed by atoms with Crippen LogP contribution < -0.4 is 4.72 Å². The standard InChI is InChI=1S/C11H17NS/c1-9-4-6-10(7-5-9)11(2,3)8-12-13/h4-7,12-13H,8H2,1-3H3. The first-order chi connectivity index (χ1) is 6.06. The van der Waals surface area contributed by atoms with Gasteiger partial charge >= 0.3 is 0 Å². The fraction of sp³-hybridized carbons (Fsp3) is 0.455. The predicted molar refractivity (Wildman–Crippen MR) is 61.2 cm³/mol. The smallest absolute Gasteiger partial charge is 0.0148 e. The maximum absolute atomic E-state index is 4.03. The Morgan fingerprint density at radius 1 is 1.23 bits per heavy atom. The first-order valence-corrected chi connectivity index (χ1v) is 4.95. The predicted octanol–water partition coefficient (Wildman–Crippen LogP) is 2.71. The summed E-state index contributed by atoms with van der Waals surface area (Å²) in [4.78, 5) is 0. The molecule has 0 saturated heterocycles. The van der Waals surface area contributed by atoms with Gasteiger partial charge in [0.05, 0.1) is 0 Å². The highest BCUT2D eigenvalue weighted by molar-refractivity contribution is 7.78. The molecule has 1 nitrogen and oxygen atoms in total. The fourth-order valence-electron chi connectivity index (χ4n) is 1.30. The van der Waals surface area contributed by atoms with Gasteiger partial charge in [-0.3, -0.25) is 4.72 Å². The molecule has 72 valence electrons. The Hall–Kier alpha value is -0.470. The largest absolute Gasteiger partial charge is 0.266 e. The molecule has 1 aromatic carbocycles. The Bertz CT molecular complexity index is 264. The lowest BCUT2D eigenvalue weighted by Gasteiger charge is -2.24. The summed E-state index contributed by atoms with van der Waals surface area (Å²) >= 11 is 4.03. The van der Waals surface area contributed by atoms with E-state index in [1.54, 1.807) is 0 Å². The summed E-state index contributed by atoms with van der Waals surface area (Å²) in [6.45, 7) is 7.40. The van der Waals surface area contributed by atoms with E-state index < -0.39 is 0 Å². The van der Waals surface area contributed by atoms with Gasteiger partial charge in [0.2, 0.25) is 0 Å². The second-order valence-electron chi connectivity index (χ2n) is 4.08. The van der Waals surface area contributed by atoms with E-state index in [4.69, 9.17) is 0 Å². The third-order valence-electron chi connectivity index (χ3n) is 2.35. The SMILES string of the molecule is Cc1ccc(C(C)(C)CNS)cc1. The van der Waals surface area contributed by atoms with Gasteiger partial charge in [0.1, 0.15) is 0 Å². The van der Waals surface area contributed by atoms with Crippen molar-refractivity contribution >= 4 is 12.8 Å². The summed E-state index contributed by atoms with van der Waals surface area (Å²) in [5.41, 5.74) is 2.80. The molecule has 1 aromatic rings. The van der Waals surface area contributed by atoms with Gasteiger partial charge in [-0.2, -0.15) is 0 Å². The van der Waals surface area contributed by atoms with E-state index in [9.17, 15) is 0 Å². The quantitative estimate of drug-likeness (QED) is 0.707. The summed E-state index contributed by atoms with van der Waals surface area (Å²) in [6, 6.07) is 8.66. The van der Waals surface area contributed by atoms with Crippen molar-refractivity contribution < 1.29 is 0 Å². The first-order valence-electron chi connectivity index (χ1n) is 4.50. The zero-order chi connectivity index (χ0) is 9.90. The summed E-state index contributed by atoms with van der Waals surface area (Å²) < 4.78 is 2.92. The van der Waals surface area contributed by atoms with Crippen LogP contribution >= 0.6 is 12.8 Å². The molecule has 0 heterocycles. The molecule has 0 aliphatic carbocycles. The number of aryl methyl sites for hydroxylation is 1. The normalized spacial score (nSPS) is 11.7. The lowest BCUT2D eigenvalue weighted by molar-refractivity contribution is 0.524. The average Bonchev–Trinajstić information content (AvgIpc) is 2.05. The molecule has 0 radical (unpaired) electrons. The molecule has 0 amide bonds. The molecular weight excluding hydrogens is 178 g/mol. The van der Waals surface area contributed by atoms with Crippen LogP contribution in [0.1, 0.15) is 25.0 Å². The molecule has 0 aliphatic heterocycles. The van der Waals surface area contributed by atoms with Crippen LogP contribution in [0.2, 0.25) is 0 Å². The highest BCUT2D eigenvalue weighted by atomic mass is 32.1. The Morgan fingerprint density at radius 2 is 1.77 bits per heavy atom. The van der Waals surface area contributed by atoms with E-state index in [0.717, 1.165) is 6.54 Å². The molecule has 0 saturated carbocycles. The number of rotatable bonds is 3. The zero-order valence-corrected chi connectivity index (χ0v) is 9.36. The first kappa shape index (κ1) is 10.6. The van der Waals surface area contributed by atoms with Gasteiger partial charge in [0.25, 0.3) is 0 Å². The van der Waals surface area contributed by atoms with Crippen molar-refractivity contribution in [2.75, 3.05) is 6.54 Å².